The fraction of sp³-hybridized carbons (Fsp3) is 0.339. The topological polar surface area (TPSA) is 36.9 Å². The van der Waals surface area contributed by atoms with Gasteiger partial charge in [-0.25, -0.2) is 0 Å². The summed E-state index contributed by atoms with van der Waals surface area (Å²) in [5.41, 5.74) is 17.5. The van der Waals surface area contributed by atoms with Crippen LogP contribution in [0.5, 0.6) is 23.0 Å². The normalized spacial score (nSPS) is 9.99. The predicted octanol–water partition coefficient (Wildman–Crippen LogP) is 31.8. The van der Waals surface area contributed by atoms with Crippen molar-refractivity contribution < 1.29 is 18.9 Å². The van der Waals surface area contributed by atoms with Crippen LogP contribution >= 0.6 is 0 Å². The Morgan fingerprint density at radius 2 is 0.531 bits per heavy atom. The van der Waals surface area contributed by atoms with E-state index in [9.17, 15) is 0 Å². The van der Waals surface area contributed by atoms with Gasteiger partial charge in [0.2, 0.25) is 0 Å². The maximum atomic E-state index is 5.69. The van der Waals surface area contributed by atoms with Gasteiger partial charge in [-0.1, -0.05) is 403 Å². The molecule has 0 saturated carbocycles. The van der Waals surface area contributed by atoms with E-state index < -0.39 is 0 Å². The van der Waals surface area contributed by atoms with Gasteiger partial charge in [0.1, 0.15) is 23.0 Å². The van der Waals surface area contributed by atoms with E-state index in [4.69, 9.17) is 18.9 Å². The molecule has 0 aliphatic carbocycles. The number of unbranched alkanes of at least 4 members (excludes halogenated alkanes) is 10. The Bertz CT molecular complexity index is 4370. The number of fused-ring (bicyclic) bond motifs is 3. The van der Waals surface area contributed by atoms with Crippen LogP contribution in [-0.2, 0) is 19.3 Å². The second-order valence-electron chi connectivity index (χ2n) is 29.5. The third-order valence-electron chi connectivity index (χ3n) is 18.7. The van der Waals surface area contributed by atoms with Crippen LogP contribution in [0.15, 0.2) is 297 Å². The van der Waals surface area contributed by atoms with E-state index in [1.165, 1.54) is 201 Å². The summed E-state index contributed by atoms with van der Waals surface area (Å²) in [5, 5.41) is 7.89. The van der Waals surface area contributed by atoms with E-state index >= 15 is 0 Å². The number of rotatable bonds is 24. The van der Waals surface area contributed by atoms with Crippen molar-refractivity contribution >= 4 is 32.3 Å². The summed E-state index contributed by atoms with van der Waals surface area (Å²) in [5.74, 6) is 3.84. The first kappa shape index (κ1) is 95.2. The summed E-state index contributed by atoms with van der Waals surface area (Å²) in [6, 6.07) is 104. The molecule has 0 radical (unpaired) electrons. The smallest absolute Gasteiger partial charge is 0.119 e. The Balaban J connectivity index is 0.000000268. The van der Waals surface area contributed by atoms with Crippen LogP contribution in [0.25, 0.3) is 32.3 Å². The first-order chi connectivity index (χ1) is 54.9. The lowest BCUT2D eigenvalue weighted by atomic mass is 10.0. The number of aryl methyl sites for hydroxylation is 13. The lowest BCUT2D eigenvalue weighted by molar-refractivity contribution is 0.304. The molecular formula is C109H140O4. The van der Waals surface area contributed by atoms with E-state index in [-0.39, 0.29) is 0 Å². The van der Waals surface area contributed by atoms with E-state index in [0.29, 0.717) is 0 Å². The van der Waals surface area contributed by atoms with Crippen molar-refractivity contribution in [3.05, 3.63) is 370 Å². The van der Waals surface area contributed by atoms with Gasteiger partial charge in [0.25, 0.3) is 0 Å². The average molecular weight is 1510 g/mol. The Morgan fingerprint density at radius 1 is 0.204 bits per heavy atom. The first-order valence-corrected chi connectivity index (χ1v) is 42.1. The molecule has 113 heavy (non-hydrogen) atoms. The molecule has 4 nitrogen and oxygen atoms in total. The largest absolute Gasteiger partial charge is 0.497 e. The quantitative estimate of drug-likeness (QED) is 0.0565. The molecule has 0 saturated heterocycles. The zero-order valence-electron chi connectivity index (χ0n) is 72.6. The van der Waals surface area contributed by atoms with E-state index in [2.05, 4.69) is 322 Å². The number of benzene rings is 13. The third-order valence-corrected chi connectivity index (χ3v) is 18.7. The molecule has 4 heteroatoms. The second-order valence-corrected chi connectivity index (χ2v) is 29.5. The maximum absolute atomic E-state index is 5.69. The molecule has 0 aliphatic rings. The van der Waals surface area contributed by atoms with Crippen molar-refractivity contribution in [1.82, 2.24) is 0 Å². The molecule has 600 valence electrons. The predicted molar refractivity (Wildman–Crippen MR) is 497 cm³/mol. The molecule has 0 amide bonds. The highest BCUT2D eigenvalue weighted by Crippen LogP contribution is 2.24. The number of hydrogen-bond donors (Lipinski definition) is 0. The Hall–Kier alpha value is -10.2. The highest BCUT2D eigenvalue weighted by molar-refractivity contribution is 5.85. The van der Waals surface area contributed by atoms with Gasteiger partial charge < -0.3 is 18.9 Å². The van der Waals surface area contributed by atoms with Gasteiger partial charge in [-0.05, 0) is 219 Å². The molecule has 0 atom stereocenters. The molecule has 13 rings (SSSR count). The van der Waals surface area contributed by atoms with Crippen molar-refractivity contribution in [2.75, 3.05) is 26.9 Å². The third kappa shape index (κ3) is 44.6. The summed E-state index contributed by atoms with van der Waals surface area (Å²) in [7, 11) is 1.67. The number of ether oxygens (including phenoxy) is 4. The first-order valence-electron chi connectivity index (χ1n) is 42.1. The van der Waals surface area contributed by atoms with Crippen LogP contribution in [0.4, 0.5) is 0 Å². The lowest BCUT2D eigenvalue weighted by Gasteiger charge is -2.06. The van der Waals surface area contributed by atoms with Crippen molar-refractivity contribution in [1.29, 1.82) is 0 Å². The van der Waals surface area contributed by atoms with Gasteiger partial charge in [-0.3, -0.25) is 0 Å². The van der Waals surface area contributed by atoms with Crippen LogP contribution in [0, 0.1) is 69.2 Å². The highest BCUT2D eigenvalue weighted by atomic mass is 16.5. The molecule has 0 aliphatic heterocycles. The zero-order valence-corrected chi connectivity index (χ0v) is 72.6. The highest BCUT2D eigenvalue weighted by Gasteiger charge is 2.01. The van der Waals surface area contributed by atoms with Crippen molar-refractivity contribution in [2.24, 2.45) is 0 Å². The Morgan fingerprint density at radius 3 is 0.982 bits per heavy atom. The zero-order chi connectivity index (χ0) is 81.9. The van der Waals surface area contributed by atoms with E-state index in [0.717, 1.165) is 55.7 Å². The minimum atomic E-state index is 0.739. The summed E-state index contributed by atoms with van der Waals surface area (Å²) in [6.07, 6.45) is 22.0. The summed E-state index contributed by atoms with van der Waals surface area (Å²) in [4.78, 5) is 0. The Labute approximate surface area is 686 Å². The second kappa shape index (κ2) is 59.6. The lowest BCUT2D eigenvalue weighted by Crippen LogP contribution is -1.97. The molecule has 0 aromatic heterocycles. The van der Waals surface area contributed by atoms with Gasteiger partial charge in [0.15, 0.2) is 0 Å². The number of methoxy groups -OCH3 is 1. The Kier molecular flexibility index (Phi) is 50.2. The van der Waals surface area contributed by atoms with Crippen LogP contribution in [-0.4, -0.2) is 26.9 Å². The maximum Gasteiger partial charge on any atom is 0.119 e. The molecule has 0 N–H and O–H groups in total. The fourth-order valence-corrected chi connectivity index (χ4v) is 11.7. The summed E-state index contributed by atoms with van der Waals surface area (Å²) in [6.45, 7) is 36.4. The molecular weight excluding hydrogens is 1370 g/mol. The van der Waals surface area contributed by atoms with Gasteiger partial charge in [-0.2, -0.15) is 0 Å². The minimum absolute atomic E-state index is 0.739. The van der Waals surface area contributed by atoms with Crippen LogP contribution in [0.3, 0.4) is 0 Å². The minimum Gasteiger partial charge on any atom is -0.497 e. The molecule has 0 fully saturated rings. The van der Waals surface area contributed by atoms with Gasteiger partial charge in [0.05, 0.1) is 26.9 Å². The molecule has 0 bridgehead atoms. The van der Waals surface area contributed by atoms with E-state index in [1.54, 1.807) is 7.11 Å². The van der Waals surface area contributed by atoms with Crippen molar-refractivity contribution in [3.8, 4) is 23.0 Å². The molecule has 0 heterocycles. The van der Waals surface area contributed by atoms with Gasteiger partial charge in [0, 0.05) is 0 Å². The van der Waals surface area contributed by atoms with E-state index in [1.807, 2.05) is 85.8 Å². The van der Waals surface area contributed by atoms with Gasteiger partial charge >= 0.3 is 0 Å². The van der Waals surface area contributed by atoms with Crippen molar-refractivity contribution in [3.63, 3.8) is 0 Å². The fourth-order valence-electron chi connectivity index (χ4n) is 11.7. The monoisotopic (exact) mass is 1510 g/mol. The standard InChI is InChI=1S/C16H26O.C15H18.C14H16O.C13H20.C11H10.C9H12O.C8H10O.2C8H10.C7H8/c1-3-4-5-6-7-8-9-14-17-16-12-10-15(2)11-13-16;1-3-4-5-13-7-9-14-10-12(2)6-8-15(14)11-13;1-3-8-15-14-7-6-12-9-11(2)4-5-13(12)10-14;1-3-4-5-6-7-13-10-8-12(2)9-11-13;1-9-6-7-10-4-2-3-5-11(10)8-9;1-3-10-9-6-4-8(2)5-7-9;1-7-3-5-8(9-2)6-4-7;1-7-3-5-8(2)6-4-7;1-2-8-6-4-3-5-7-8;1-7-5-3-2-4-6-7/h10-13H,3-9,14H2,1-2H3;6-11H,3-5H2,1-2H3;4-7,9-10H,3,8H2,1-2H3;8-11H,3-7H2,1-2H3;2-8H,1H3;4-7H,3H2,1-2H3;3-6H,1-2H3;3-6H,1-2H3;3-7H,2H2,1H3;2-6H,1H3. The molecule has 13 aromatic rings. The van der Waals surface area contributed by atoms with Gasteiger partial charge in [-0.15, -0.1) is 0 Å². The summed E-state index contributed by atoms with van der Waals surface area (Å²) < 4.78 is 21.5. The van der Waals surface area contributed by atoms with Crippen LogP contribution in [0.2, 0.25) is 0 Å². The SMILES string of the molecule is CCCCCCCCCOc1ccc(C)cc1.CCCCCCc1ccc(C)cc1.CCCCc1ccc2cc(C)ccc2c1.CCCOc1ccc2cc(C)ccc2c1.CCOc1ccc(C)cc1.CCc1ccccc1.COc1ccc(C)cc1.Cc1ccc(C)cc1.Cc1ccc2ccccc2c1.Cc1ccccc1. The van der Waals surface area contributed by atoms with Crippen LogP contribution in [0.1, 0.15) is 204 Å². The van der Waals surface area contributed by atoms with Crippen molar-refractivity contribution in [2.45, 2.75) is 220 Å². The average Bonchev–Trinajstić information content (AvgIpc) is 0.874. The number of hydrogen-bond acceptors (Lipinski definition) is 4. The molecule has 0 unspecified atom stereocenters. The summed E-state index contributed by atoms with van der Waals surface area (Å²) >= 11 is 0. The van der Waals surface area contributed by atoms with Crippen LogP contribution < -0.4 is 18.9 Å². The molecule has 13 aromatic carbocycles. The molecule has 0 spiro atoms.